The van der Waals surface area contributed by atoms with E-state index in [0.29, 0.717) is 25.6 Å². The zero-order valence-electron chi connectivity index (χ0n) is 21.2. The molecule has 1 aromatic rings. The van der Waals surface area contributed by atoms with Crippen LogP contribution in [-0.4, -0.2) is 61.0 Å². The standard InChI is InChI=1S/C27H43N3O4/c1-4-34-26(32)16-15-25(31)29-23(19-21(2)3)20-30-18-10-14-24(30)27(33)28-17-9-8-13-22-11-6-5-7-12-22/h5-7,11-12,21,23-24H,4,8-10,13-20H2,1-3H3,(H,28,33)(H,29,31)/t23-,24-/m0/s1. The van der Waals surface area contributed by atoms with E-state index in [1.807, 2.05) is 6.07 Å². The zero-order chi connectivity index (χ0) is 24.8. The highest BCUT2D eigenvalue weighted by molar-refractivity contribution is 5.82. The van der Waals surface area contributed by atoms with Gasteiger partial charge in [0.25, 0.3) is 0 Å². The predicted molar refractivity (Wildman–Crippen MR) is 134 cm³/mol. The number of esters is 1. The van der Waals surface area contributed by atoms with Crippen LogP contribution in [-0.2, 0) is 25.5 Å². The summed E-state index contributed by atoms with van der Waals surface area (Å²) in [4.78, 5) is 39.0. The highest BCUT2D eigenvalue weighted by Crippen LogP contribution is 2.19. The molecule has 1 aliphatic heterocycles. The normalized spacial score (nSPS) is 16.9. The van der Waals surface area contributed by atoms with Crippen molar-refractivity contribution in [3.05, 3.63) is 35.9 Å². The second-order valence-electron chi connectivity index (χ2n) is 9.59. The SMILES string of the molecule is CCOC(=O)CCC(=O)N[C@@H](CC(C)C)CN1CCC[C@H]1C(=O)NCCCCc1ccccc1. The highest BCUT2D eigenvalue weighted by Gasteiger charge is 2.32. The van der Waals surface area contributed by atoms with Crippen molar-refractivity contribution in [3.63, 3.8) is 0 Å². The van der Waals surface area contributed by atoms with Crippen molar-refractivity contribution in [2.75, 3.05) is 26.2 Å². The second-order valence-corrected chi connectivity index (χ2v) is 9.59. The van der Waals surface area contributed by atoms with E-state index in [-0.39, 0.29) is 42.7 Å². The van der Waals surface area contributed by atoms with Gasteiger partial charge in [0.1, 0.15) is 0 Å². The van der Waals surface area contributed by atoms with Gasteiger partial charge in [-0.1, -0.05) is 44.2 Å². The van der Waals surface area contributed by atoms with Gasteiger partial charge in [-0.15, -0.1) is 0 Å². The van der Waals surface area contributed by atoms with Gasteiger partial charge >= 0.3 is 5.97 Å². The van der Waals surface area contributed by atoms with Gasteiger partial charge in [-0.05, 0) is 63.5 Å². The van der Waals surface area contributed by atoms with Crippen molar-refractivity contribution in [1.29, 1.82) is 0 Å². The number of nitrogens with zero attached hydrogens (tertiary/aromatic N) is 1. The molecule has 0 radical (unpaired) electrons. The van der Waals surface area contributed by atoms with Crippen LogP contribution in [0.1, 0.15) is 71.3 Å². The maximum Gasteiger partial charge on any atom is 0.306 e. The summed E-state index contributed by atoms with van der Waals surface area (Å²) >= 11 is 0. The molecule has 7 heteroatoms. The van der Waals surface area contributed by atoms with Crippen molar-refractivity contribution in [1.82, 2.24) is 15.5 Å². The number of unbranched alkanes of at least 4 members (excludes halogenated alkanes) is 1. The van der Waals surface area contributed by atoms with Gasteiger partial charge in [0, 0.05) is 25.6 Å². The van der Waals surface area contributed by atoms with E-state index < -0.39 is 0 Å². The van der Waals surface area contributed by atoms with Gasteiger partial charge in [-0.3, -0.25) is 19.3 Å². The van der Waals surface area contributed by atoms with Gasteiger partial charge in [-0.25, -0.2) is 0 Å². The third-order valence-electron chi connectivity index (χ3n) is 6.14. The van der Waals surface area contributed by atoms with Crippen molar-refractivity contribution < 1.29 is 19.1 Å². The highest BCUT2D eigenvalue weighted by atomic mass is 16.5. The molecule has 1 heterocycles. The third-order valence-corrected chi connectivity index (χ3v) is 6.14. The Labute approximate surface area is 205 Å². The van der Waals surface area contributed by atoms with E-state index in [9.17, 15) is 14.4 Å². The molecule has 0 unspecified atom stereocenters. The molecule has 1 aliphatic rings. The summed E-state index contributed by atoms with van der Waals surface area (Å²) in [6, 6.07) is 10.2. The fourth-order valence-electron chi connectivity index (χ4n) is 4.55. The Balaban J connectivity index is 1.77. The Morgan fingerprint density at radius 1 is 1.12 bits per heavy atom. The van der Waals surface area contributed by atoms with E-state index in [2.05, 4.69) is 53.6 Å². The first-order valence-electron chi connectivity index (χ1n) is 12.9. The topological polar surface area (TPSA) is 87.7 Å². The summed E-state index contributed by atoms with van der Waals surface area (Å²) in [5, 5.41) is 6.21. The molecule has 0 aromatic heterocycles. The summed E-state index contributed by atoms with van der Waals surface area (Å²) in [5.41, 5.74) is 1.33. The molecule has 2 atom stereocenters. The molecular formula is C27H43N3O4. The number of likely N-dealkylation sites (tertiary alicyclic amines) is 1. The molecule has 1 saturated heterocycles. The molecule has 2 rings (SSSR count). The molecule has 2 N–H and O–H groups in total. The van der Waals surface area contributed by atoms with E-state index in [0.717, 1.165) is 45.1 Å². The summed E-state index contributed by atoms with van der Waals surface area (Å²) in [6.07, 6.45) is 5.91. The van der Waals surface area contributed by atoms with Crippen LogP contribution >= 0.6 is 0 Å². The molecule has 190 valence electrons. The van der Waals surface area contributed by atoms with Gasteiger partial charge in [0.15, 0.2) is 0 Å². The number of amides is 2. The van der Waals surface area contributed by atoms with E-state index in [4.69, 9.17) is 4.74 Å². The maximum atomic E-state index is 12.9. The number of nitrogens with one attached hydrogen (secondary N) is 2. The van der Waals surface area contributed by atoms with Crippen LogP contribution in [0.3, 0.4) is 0 Å². The lowest BCUT2D eigenvalue weighted by Crippen LogP contribution is -2.50. The summed E-state index contributed by atoms with van der Waals surface area (Å²) < 4.78 is 4.91. The Morgan fingerprint density at radius 2 is 1.88 bits per heavy atom. The molecule has 0 spiro atoms. The zero-order valence-corrected chi connectivity index (χ0v) is 21.2. The Morgan fingerprint density at radius 3 is 2.59 bits per heavy atom. The van der Waals surface area contributed by atoms with Crippen molar-refractivity contribution in [2.45, 2.75) is 84.2 Å². The largest absolute Gasteiger partial charge is 0.466 e. The second kappa shape index (κ2) is 15.5. The number of benzene rings is 1. The first-order valence-corrected chi connectivity index (χ1v) is 12.9. The average Bonchev–Trinajstić information content (AvgIpc) is 3.26. The number of carbonyl (C=O) groups is 3. The molecule has 0 bridgehead atoms. The van der Waals surface area contributed by atoms with Crippen LogP contribution < -0.4 is 10.6 Å². The molecule has 0 aliphatic carbocycles. The Bertz CT molecular complexity index is 754. The lowest BCUT2D eigenvalue weighted by Gasteiger charge is -2.30. The lowest BCUT2D eigenvalue weighted by atomic mass is 10.0. The van der Waals surface area contributed by atoms with Crippen LogP contribution in [0.4, 0.5) is 0 Å². The van der Waals surface area contributed by atoms with E-state index in [1.54, 1.807) is 6.92 Å². The number of ether oxygens (including phenoxy) is 1. The number of hydrogen-bond acceptors (Lipinski definition) is 5. The first kappa shape index (κ1) is 27.8. The minimum absolute atomic E-state index is 0.0473. The van der Waals surface area contributed by atoms with Gasteiger partial charge in [0.2, 0.25) is 11.8 Å². The van der Waals surface area contributed by atoms with Gasteiger partial charge in [-0.2, -0.15) is 0 Å². The van der Waals surface area contributed by atoms with Gasteiger partial charge < -0.3 is 15.4 Å². The summed E-state index contributed by atoms with van der Waals surface area (Å²) in [6.45, 7) is 8.53. The minimum atomic E-state index is -0.349. The molecule has 0 saturated carbocycles. The quantitative estimate of drug-likeness (QED) is 0.301. The van der Waals surface area contributed by atoms with Crippen LogP contribution in [0, 0.1) is 5.92 Å². The monoisotopic (exact) mass is 473 g/mol. The lowest BCUT2D eigenvalue weighted by molar-refractivity contribution is -0.144. The van der Waals surface area contributed by atoms with Crippen molar-refractivity contribution >= 4 is 17.8 Å². The smallest absolute Gasteiger partial charge is 0.306 e. The molecule has 34 heavy (non-hydrogen) atoms. The van der Waals surface area contributed by atoms with Crippen LogP contribution in [0.15, 0.2) is 30.3 Å². The van der Waals surface area contributed by atoms with Crippen LogP contribution in [0.25, 0.3) is 0 Å². The molecule has 1 fully saturated rings. The summed E-state index contributed by atoms with van der Waals surface area (Å²) in [7, 11) is 0. The fraction of sp³-hybridized carbons (Fsp3) is 0.667. The van der Waals surface area contributed by atoms with E-state index >= 15 is 0 Å². The maximum absolute atomic E-state index is 12.9. The third kappa shape index (κ3) is 10.7. The molecular weight excluding hydrogens is 430 g/mol. The number of aryl methyl sites for hydroxylation is 1. The van der Waals surface area contributed by atoms with E-state index in [1.165, 1.54) is 5.56 Å². The molecule has 2 amide bonds. The first-order chi connectivity index (χ1) is 16.4. The number of rotatable bonds is 15. The van der Waals surface area contributed by atoms with Crippen LogP contribution in [0.5, 0.6) is 0 Å². The molecule has 7 nitrogen and oxygen atoms in total. The minimum Gasteiger partial charge on any atom is -0.466 e. The number of hydrogen-bond donors (Lipinski definition) is 2. The predicted octanol–water partition coefficient (Wildman–Crippen LogP) is 3.46. The van der Waals surface area contributed by atoms with Gasteiger partial charge in [0.05, 0.1) is 19.1 Å². The average molecular weight is 474 g/mol. The number of carbonyl (C=O) groups excluding carboxylic acids is 3. The Kier molecular flexibility index (Phi) is 12.7. The summed E-state index contributed by atoms with van der Waals surface area (Å²) in [5.74, 6) is 0.0134. The molecule has 1 aromatic carbocycles. The fourth-order valence-corrected chi connectivity index (χ4v) is 4.55. The Hall–Kier alpha value is -2.41. The van der Waals surface area contributed by atoms with Crippen LogP contribution in [0.2, 0.25) is 0 Å². The van der Waals surface area contributed by atoms with Crippen molar-refractivity contribution in [3.8, 4) is 0 Å². The van der Waals surface area contributed by atoms with Crippen molar-refractivity contribution in [2.24, 2.45) is 5.92 Å².